The van der Waals surface area contributed by atoms with Gasteiger partial charge in [0.2, 0.25) is 0 Å². The monoisotopic (exact) mass is 220 g/mol. The lowest BCUT2D eigenvalue weighted by Gasteiger charge is -2.24. The van der Waals surface area contributed by atoms with Gasteiger partial charge in [-0.25, -0.2) is 0 Å². The number of benzene rings is 1. The molecular weight excluding hydrogens is 200 g/mol. The second-order valence-electron chi connectivity index (χ2n) is 4.93. The van der Waals surface area contributed by atoms with Crippen LogP contribution in [0.25, 0.3) is 0 Å². The predicted octanol–water partition coefficient (Wildman–Crippen LogP) is 1.10. The molecule has 3 heteroatoms. The van der Waals surface area contributed by atoms with E-state index in [1.165, 1.54) is 11.1 Å². The fraction of sp³-hybridized carbons (Fsp3) is 0.538. The van der Waals surface area contributed by atoms with Gasteiger partial charge in [0.15, 0.2) is 0 Å². The standard InChI is InChI=1S/C13H20N2O/c1-13(16,10-14)6-7-15-8-11-4-2-3-5-12(11)9-15/h2-5,16H,6-10,14H2,1H3. The minimum atomic E-state index is -0.727. The van der Waals surface area contributed by atoms with Gasteiger partial charge in [0, 0.05) is 26.2 Å². The number of fused-ring (bicyclic) bond motifs is 1. The van der Waals surface area contributed by atoms with Gasteiger partial charge in [-0.1, -0.05) is 24.3 Å². The molecule has 3 N–H and O–H groups in total. The van der Waals surface area contributed by atoms with E-state index in [1.54, 1.807) is 6.92 Å². The van der Waals surface area contributed by atoms with Crippen LogP contribution < -0.4 is 5.73 Å². The van der Waals surface area contributed by atoms with Crippen molar-refractivity contribution >= 4 is 0 Å². The molecule has 1 aliphatic heterocycles. The molecule has 0 amide bonds. The van der Waals surface area contributed by atoms with Gasteiger partial charge in [0.05, 0.1) is 5.60 Å². The number of aliphatic hydroxyl groups is 1. The molecule has 1 unspecified atom stereocenters. The van der Waals surface area contributed by atoms with E-state index in [2.05, 4.69) is 29.2 Å². The van der Waals surface area contributed by atoms with Gasteiger partial charge in [-0.3, -0.25) is 4.90 Å². The number of rotatable bonds is 4. The van der Waals surface area contributed by atoms with Crippen molar-refractivity contribution in [2.45, 2.75) is 32.0 Å². The second kappa shape index (κ2) is 4.53. The Kier molecular flexibility index (Phi) is 3.28. The molecule has 0 aromatic heterocycles. The van der Waals surface area contributed by atoms with Crippen molar-refractivity contribution in [3.63, 3.8) is 0 Å². The first-order valence-electron chi connectivity index (χ1n) is 5.82. The Morgan fingerprint density at radius 2 is 1.88 bits per heavy atom. The largest absolute Gasteiger partial charge is 0.389 e. The Labute approximate surface area is 96.9 Å². The molecule has 2 rings (SSSR count). The first-order valence-corrected chi connectivity index (χ1v) is 5.82. The minimum Gasteiger partial charge on any atom is -0.389 e. The number of nitrogens with zero attached hydrogens (tertiary/aromatic N) is 1. The summed E-state index contributed by atoms with van der Waals surface area (Å²) < 4.78 is 0. The van der Waals surface area contributed by atoms with E-state index in [1.807, 2.05) is 0 Å². The van der Waals surface area contributed by atoms with Gasteiger partial charge in [-0.05, 0) is 24.5 Å². The molecule has 16 heavy (non-hydrogen) atoms. The quantitative estimate of drug-likeness (QED) is 0.799. The summed E-state index contributed by atoms with van der Waals surface area (Å²) in [5, 5.41) is 9.85. The number of hydrogen-bond acceptors (Lipinski definition) is 3. The van der Waals surface area contributed by atoms with Gasteiger partial charge in [0.25, 0.3) is 0 Å². The Balaban J connectivity index is 1.88. The summed E-state index contributed by atoms with van der Waals surface area (Å²) in [6, 6.07) is 8.52. The van der Waals surface area contributed by atoms with Crippen molar-refractivity contribution in [2.75, 3.05) is 13.1 Å². The highest BCUT2D eigenvalue weighted by atomic mass is 16.3. The lowest BCUT2D eigenvalue weighted by Crippen LogP contribution is -2.37. The maximum absolute atomic E-state index is 9.85. The maximum Gasteiger partial charge on any atom is 0.0753 e. The second-order valence-corrected chi connectivity index (χ2v) is 4.93. The Hall–Kier alpha value is -0.900. The highest BCUT2D eigenvalue weighted by molar-refractivity contribution is 5.30. The topological polar surface area (TPSA) is 49.5 Å². The highest BCUT2D eigenvalue weighted by Crippen LogP contribution is 2.23. The van der Waals surface area contributed by atoms with Crippen molar-refractivity contribution in [1.29, 1.82) is 0 Å². The van der Waals surface area contributed by atoms with Gasteiger partial charge in [0.1, 0.15) is 0 Å². The molecule has 0 saturated carbocycles. The third-order valence-corrected chi connectivity index (χ3v) is 3.31. The van der Waals surface area contributed by atoms with E-state index in [0.717, 1.165) is 26.1 Å². The minimum absolute atomic E-state index is 0.327. The summed E-state index contributed by atoms with van der Waals surface area (Å²) in [6.45, 7) is 5.02. The van der Waals surface area contributed by atoms with Crippen LogP contribution in [0.1, 0.15) is 24.5 Å². The molecule has 0 radical (unpaired) electrons. The molecular formula is C13H20N2O. The van der Waals surface area contributed by atoms with E-state index >= 15 is 0 Å². The van der Waals surface area contributed by atoms with Crippen molar-refractivity contribution < 1.29 is 5.11 Å². The van der Waals surface area contributed by atoms with Crippen molar-refractivity contribution in [3.05, 3.63) is 35.4 Å². The number of hydrogen-bond donors (Lipinski definition) is 2. The van der Waals surface area contributed by atoms with Gasteiger partial charge >= 0.3 is 0 Å². The lowest BCUT2D eigenvalue weighted by molar-refractivity contribution is 0.0472. The molecule has 0 saturated heterocycles. The van der Waals surface area contributed by atoms with E-state index < -0.39 is 5.60 Å². The lowest BCUT2D eigenvalue weighted by atomic mass is 10.0. The molecule has 1 aliphatic rings. The summed E-state index contributed by atoms with van der Waals surface area (Å²) in [4.78, 5) is 2.36. The summed E-state index contributed by atoms with van der Waals surface area (Å²) >= 11 is 0. The van der Waals surface area contributed by atoms with Crippen LogP contribution in [0, 0.1) is 0 Å². The zero-order chi connectivity index (χ0) is 11.6. The average molecular weight is 220 g/mol. The Morgan fingerprint density at radius 1 is 1.31 bits per heavy atom. The molecule has 88 valence electrons. The fourth-order valence-electron chi connectivity index (χ4n) is 2.06. The van der Waals surface area contributed by atoms with Crippen LogP contribution in [0.15, 0.2) is 24.3 Å². The van der Waals surface area contributed by atoms with Crippen LogP contribution in [0.2, 0.25) is 0 Å². The third-order valence-electron chi connectivity index (χ3n) is 3.31. The molecule has 3 nitrogen and oxygen atoms in total. The first kappa shape index (κ1) is 11.6. The summed E-state index contributed by atoms with van der Waals surface area (Å²) in [5.74, 6) is 0. The van der Waals surface area contributed by atoms with Crippen LogP contribution in [0.5, 0.6) is 0 Å². The van der Waals surface area contributed by atoms with E-state index in [-0.39, 0.29) is 0 Å². The van der Waals surface area contributed by atoms with Gasteiger partial charge in [-0.15, -0.1) is 0 Å². The average Bonchev–Trinajstić information content (AvgIpc) is 2.69. The summed E-state index contributed by atoms with van der Waals surface area (Å²) in [6.07, 6.45) is 0.734. The molecule has 1 heterocycles. The van der Waals surface area contributed by atoms with E-state index in [9.17, 15) is 5.11 Å². The Morgan fingerprint density at radius 3 is 2.38 bits per heavy atom. The van der Waals surface area contributed by atoms with E-state index in [0.29, 0.717) is 6.54 Å². The van der Waals surface area contributed by atoms with Crippen molar-refractivity contribution in [3.8, 4) is 0 Å². The van der Waals surface area contributed by atoms with Crippen LogP contribution in [0.3, 0.4) is 0 Å². The molecule has 0 spiro atoms. The summed E-state index contributed by atoms with van der Waals surface area (Å²) in [5.41, 5.74) is 7.60. The van der Waals surface area contributed by atoms with E-state index in [4.69, 9.17) is 5.73 Å². The van der Waals surface area contributed by atoms with Crippen LogP contribution in [-0.4, -0.2) is 28.7 Å². The Bertz CT molecular complexity index is 338. The normalized spacial score (nSPS) is 19.4. The van der Waals surface area contributed by atoms with Gasteiger partial charge < -0.3 is 10.8 Å². The van der Waals surface area contributed by atoms with Crippen LogP contribution >= 0.6 is 0 Å². The maximum atomic E-state index is 9.85. The highest BCUT2D eigenvalue weighted by Gasteiger charge is 2.22. The molecule has 1 atom stereocenters. The molecule has 0 fully saturated rings. The van der Waals surface area contributed by atoms with Crippen LogP contribution in [-0.2, 0) is 13.1 Å². The molecule has 1 aromatic rings. The van der Waals surface area contributed by atoms with Gasteiger partial charge in [-0.2, -0.15) is 0 Å². The first-order chi connectivity index (χ1) is 7.61. The molecule has 1 aromatic carbocycles. The van der Waals surface area contributed by atoms with Crippen LogP contribution in [0.4, 0.5) is 0 Å². The SMILES string of the molecule is CC(O)(CN)CCN1Cc2ccccc2C1. The smallest absolute Gasteiger partial charge is 0.0753 e. The zero-order valence-electron chi connectivity index (χ0n) is 9.82. The third kappa shape index (κ3) is 2.61. The molecule has 0 bridgehead atoms. The summed E-state index contributed by atoms with van der Waals surface area (Å²) in [7, 11) is 0. The fourth-order valence-corrected chi connectivity index (χ4v) is 2.06. The predicted molar refractivity (Wildman–Crippen MR) is 64.9 cm³/mol. The number of nitrogens with two attached hydrogens (primary N) is 1. The molecule has 0 aliphatic carbocycles. The zero-order valence-corrected chi connectivity index (χ0v) is 9.82. The van der Waals surface area contributed by atoms with Crippen molar-refractivity contribution in [1.82, 2.24) is 4.90 Å². The van der Waals surface area contributed by atoms with Crippen molar-refractivity contribution in [2.24, 2.45) is 5.73 Å².